The molecule has 2 aromatic carbocycles. The molecule has 30 heavy (non-hydrogen) atoms. The number of thioether (sulfide) groups is 1. The van der Waals surface area contributed by atoms with Gasteiger partial charge in [-0.3, -0.25) is 19.3 Å². The van der Waals surface area contributed by atoms with E-state index >= 15 is 0 Å². The maximum absolute atomic E-state index is 13.1. The van der Waals surface area contributed by atoms with Gasteiger partial charge in [-0.25, -0.2) is 0 Å². The first-order valence-electron chi connectivity index (χ1n) is 9.83. The van der Waals surface area contributed by atoms with Crippen LogP contribution in [0.15, 0.2) is 71.3 Å². The maximum atomic E-state index is 13.1. The highest BCUT2D eigenvalue weighted by molar-refractivity contribution is 8.04. The topological polar surface area (TPSA) is 83.7 Å². The lowest BCUT2D eigenvalue weighted by Gasteiger charge is -2.39. The number of rotatable bonds is 5. The molecule has 1 fully saturated rings. The van der Waals surface area contributed by atoms with Crippen molar-refractivity contribution in [2.24, 2.45) is 5.73 Å². The van der Waals surface area contributed by atoms with Gasteiger partial charge in [0.25, 0.3) is 5.91 Å². The zero-order valence-electron chi connectivity index (χ0n) is 16.7. The van der Waals surface area contributed by atoms with Gasteiger partial charge in [0.2, 0.25) is 11.8 Å². The van der Waals surface area contributed by atoms with Crippen molar-refractivity contribution >= 4 is 29.5 Å². The summed E-state index contributed by atoms with van der Waals surface area (Å²) in [7, 11) is 0. The standard InChI is InChI=1S/C23H23N3O3S/c1-15-21(22(24)29)30-23(25(15)14-16-8-4-2-5-9-16)26-19(27)12-18(13-20(26)28)17-10-6-3-7-11-17/h2-11,18,23H,12-14H2,1H3,(H2,24,29). The predicted octanol–water partition coefficient (Wildman–Crippen LogP) is 3.17. The van der Waals surface area contributed by atoms with Gasteiger partial charge >= 0.3 is 0 Å². The number of carbonyl (C=O) groups excluding carboxylic acids is 3. The molecule has 0 bridgehead atoms. The van der Waals surface area contributed by atoms with Gasteiger partial charge < -0.3 is 10.6 Å². The summed E-state index contributed by atoms with van der Waals surface area (Å²) in [6.45, 7) is 2.28. The second kappa shape index (κ2) is 8.36. The highest BCUT2D eigenvalue weighted by atomic mass is 32.2. The lowest BCUT2D eigenvalue weighted by Crippen LogP contribution is -2.52. The largest absolute Gasteiger partial charge is 0.365 e. The molecule has 154 valence electrons. The molecule has 4 rings (SSSR count). The van der Waals surface area contributed by atoms with Crippen LogP contribution in [0, 0.1) is 0 Å². The van der Waals surface area contributed by atoms with Crippen LogP contribution in [0.4, 0.5) is 0 Å². The molecule has 2 aromatic rings. The first kappa shape index (κ1) is 20.2. The Balaban J connectivity index is 1.60. The monoisotopic (exact) mass is 421 g/mol. The number of primary amides is 1. The van der Waals surface area contributed by atoms with Crippen LogP contribution in [0.3, 0.4) is 0 Å². The van der Waals surface area contributed by atoms with Gasteiger partial charge in [-0.1, -0.05) is 72.4 Å². The van der Waals surface area contributed by atoms with Gasteiger partial charge in [-0.05, 0) is 18.1 Å². The highest BCUT2D eigenvalue weighted by Gasteiger charge is 2.44. The Hall–Kier alpha value is -3.06. The summed E-state index contributed by atoms with van der Waals surface area (Å²) < 4.78 is 0. The fourth-order valence-corrected chi connectivity index (χ4v) is 5.31. The highest BCUT2D eigenvalue weighted by Crippen LogP contribution is 2.43. The fraction of sp³-hybridized carbons (Fsp3) is 0.261. The van der Waals surface area contributed by atoms with Gasteiger partial charge in [0.05, 0.1) is 4.91 Å². The summed E-state index contributed by atoms with van der Waals surface area (Å²) >= 11 is 1.18. The number of hydrogen-bond acceptors (Lipinski definition) is 5. The minimum Gasteiger partial charge on any atom is -0.365 e. The van der Waals surface area contributed by atoms with E-state index in [2.05, 4.69) is 0 Å². The van der Waals surface area contributed by atoms with E-state index in [0.717, 1.165) is 11.1 Å². The molecule has 0 saturated carbocycles. The Labute approximate surface area is 179 Å². The third-order valence-electron chi connectivity index (χ3n) is 5.54. The van der Waals surface area contributed by atoms with E-state index in [1.54, 1.807) is 0 Å². The number of imide groups is 1. The van der Waals surface area contributed by atoms with E-state index in [4.69, 9.17) is 5.73 Å². The van der Waals surface area contributed by atoms with Crippen molar-refractivity contribution in [3.05, 3.63) is 82.4 Å². The Morgan fingerprint density at radius 2 is 1.57 bits per heavy atom. The molecule has 2 N–H and O–H groups in total. The molecule has 0 spiro atoms. The van der Waals surface area contributed by atoms with Crippen molar-refractivity contribution < 1.29 is 14.4 Å². The Bertz CT molecular complexity index is 989. The summed E-state index contributed by atoms with van der Waals surface area (Å²) in [5.41, 5.74) is 7.66. The van der Waals surface area contributed by atoms with Gasteiger partial charge in [0, 0.05) is 31.0 Å². The summed E-state index contributed by atoms with van der Waals surface area (Å²) in [4.78, 5) is 41.8. The number of benzene rings is 2. The van der Waals surface area contributed by atoms with Gasteiger partial charge in [0.1, 0.15) is 0 Å². The number of piperidine rings is 1. The molecule has 7 heteroatoms. The Morgan fingerprint density at radius 3 is 2.13 bits per heavy atom. The molecule has 2 aliphatic heterocycles. The fourth-order valence-electron chi connectivity index (χ4n) is 3.99. The lowest BCUT2D eigenvalue weighted by atomic mass is 9.89. The maximum Gasteiger partial charge on any atom is 0.257 e. The van der Waals surface area contributed by atoms with E-state index in [1.165, 1.54) is 16.7 Å². The Kier molecular flexibility index (Phi) is 5.63. The van der Waals surface area contributed by atoms with Gasteiger partial charge in [0.15, 0.2) is 5.50 Å². The number of likely N-dealkylation sites (tertiary alicyclic amines) is 1. The molecular weight excluding hydrogens is 398 g/mol. The van der Waals surface area contributed by atoms with Crippen LogP contribution in [0.5, 0.6) is 0 Å². The first-order valence-corrected chi connectivity index (χ1v) is 10.7. The molecule has 2 aliphatic rings. The van der Waals surface area contributed by atoms with Crippen LogP contribution in [0.2, 0.25) is 0 Å². The van der Waals surface area contributed by atoms with Crippen LogP contribution in [-0.2, 0) is 20.9 Å². The minimum absolute atomic E-state index is 0.124. The van der Waals surface area contributed by atoms with Crippen LogP contribution in [0.25, 0.3) is 0 Å². The number of hydrogen-bond donors (Lipinski definition) is 1. The zero-order valence-corrected chi connectivity index (χ0v) is 17.5. The van der Waals surface area contributed by atoms with Crippen LogP contribution in [-0.4, -0.2) is 33.0 Å². The summed E-state index contributed by atoms with van der Waals surface area (Å²) in [6.07, 6.45) is 0.522. The second-order valence-corrected chi connectivity index (χ2v) is 8.58. The van der Waals surface area contributed by atoms with Crippen molar-refractivity contribution in [3.63, 3.8) is 0 Å². The molecule has 1 atom stereocenters. The molecular formula is C23H23N3O3S. The predicted molar refractivity (Wildman–Crippen MR) is 116 cm³/mol. The third kappa shape index (κ3) is 3.85. The number of nitrogens with two attached hydrogens (primary N) is 1. The van der Waals surface area contributed by atoms with E-state index in [0.29, 0.717) is 17.1 Å². The molecule has 1 unspecified atom stereocenters. The van der Waals surface area contributed by atoms with Gasteiger partial charge in [-0.2, -0.15) is 0 Å². The molecule has 0 aliphatic carbocycles. The van der Waals surface area contributed by atoms with Crippen molar-refractivity contribution in [2.75, 3.05) is 0 Å². The summed E-state index contributed by atoms with van der Waals surface area (Å²) in [5.74, 6) is -1.12. The molecule has 6 nitrogen and oxygen atoms in total. The quantitative estimate of drug-likeness (QED) is 0.750. The van der Waals surface area contributed by atoms with Crippen LogP contribution >= 0.6 is 11.8 Å². The van der Waals surface area contributed by atoms with E-state index < -0.39 is 11.4 Å². The molecule has 0 radical (unpaired) electrons. The average Bonchev–Trinajstić information content (AvgIpc) is 3.05. The average molecular weight is 422 g/mol. The molecule has 2 heterocycles. The Morgan fingerprint density at radius 1 is 1.00 bits per heavy atom. The van der Waals surface area contributed by atoms with Crippen molar-refractivity contribution in [2.45, 2.75) is 37.7 Å². The smallest absolute Gasteiger partial charge is 0.257 e. The number of allylic oxidation sites excluding steroid dienone is 1. The second-order valence-electron chi connectivity index (χ2n) is 7.51. The number of nitrogens with zero attached hydrogens (tertiary/aromatic N) is 2. The zero-order chi connectivity index (χ0) is 21.3. The normalized spacial score (nSPS) is 20.2. The van der Waals surface area contributed by atoms with Crippen molar-refractivity contribution in [3.8, 4) is 0 Å². The molecule has 1 saturated heterocycles. The van der Waals surface area contributed by atoms with E-state index in [1.807, 2.05) is 72.5 Å². The summed E-state index contributed by atoms with van der Waals surface area (Å²) in [6, 6.07) is 19.4. The van der Waals surface area contributed by atoms with Crippen LogP contribution in [0.1, 0.15) is 36.8 Å². The van der Waals surface area contributed by atoms with Crippen molar-refractivity contribution in [1.82, 2.24) is 9.80 Å². The number of carbonyl (C=O) groups is 3. The van der Waals surface area contributed by atoms with Crippen LogP contribution < -0.4 is 5.73 Å². The SMILES string of the molecule is CC1=C(C(N)=O)SC(N2C(=O)CC(c3ccccc3)CC2=O)N1Cc1ccccc1. The summed E-state index contributed by atoms with van der Waals surface area (Å²) in [5, 5.41) is 0. The first-order chi connectivity index (χ1) is 14.5. The molecule has 3 amide bonds. The third-order valence-corrected chi connectivity index (χ3v) is 6.95. The number of amides is 3. The van der Waals surface area contributed by atoms with Gasteiger partial charge in [-0.15, -0.1) is 0 Å². The van der Waals surface area contributed by atoms with E-state index in [-0.39, 0.29) is 30.6 Å². The minimum atomic E-state index is -0.607. The molecule has 0 aromatic heterocycles. The van der Waals surface area contributed by atoms with Crippen molar-refractivity contribution in [1.29, 1.82) is 0 Å². The lowest BCUT2D eigenvalue weighted by molar-refractivity contribution is -0.152. The van der Waals surface area contributed by atoms with E-state index in [9.17, 15) is 14.4 Å².